The van der Waals surface area contributed by atoms with Gasteiger partial charge in [0, 0.05) is 23.0 Å². The first-order valence-corrected chi connectivity index (χ1v) is 8.21. The number of para-hydroxylation sites is 1. The number of rotatable bonds is 3. The highest BCUT2D eigenvalue weighted by molar-refractivity contribution is 6.36. The highest BCUT2D eigenvalue weighted by Gasteiger charge is 2.11. The molecular formula is C17H12Cl2N6. The molecule has 0 aliphatic carbocycles. The number of halogens is 2. The van der Waals surface area contributed by atoms with Gasteiger partial charge >= 0.3 is 0 Å². The van der Waals surface area contributed by atoms with Crippen molar-refractivity contribution in [2.45, 2.75) is 0 Å². The summed E-state index contributed by atoms with van der Waals surface area (Å²) in [7, 11) is 1.94. The van der Waals surface area contributed by atoms with Crippen molar-refractivity contribution >= 4 is 57.4 Å². The zero-order chi connectivity index (χ0) is 17.4. The Morgan fingerprint density at radius 3 is 2.80 bits per heavy atom. The SMILES string of the molecule is Cn1c2ccccc2c2nnc(N/N=C/c3ccc(Cl)cc3Cl)nc21. The number of nitrogens with one attached hydrogen (secondary N) is 1. The summed E-state index contributed by atoms with van der Waals surface area (Å²) in [6.45, 7) is 0. The summed E-state index contributed by atoms with van der Waals surface area (Å²) < 4.78 is 1.98. The molecule has 2 aromatic carbocycles. The second kappa shape index (κ2) is 6.31. The Bertz CT molecular complexity index is 1120. The quantitative estimate of drug-likeness (QED) is 0.431. The van der Waals surface area contributed by atoms with Gasteiger partial charge in [-0.15, -0.1) is 10.2 Å². The Morgan fingerprint density at radius 1 is 1.12 bits per heavy atom. The van der Waals surface area contributed by atoms with Gasteiger partial charge in [0.25, 0.3) is 5.95 Å². The Morgan fingerprint density at radius 2 is 1.96 bits per heavy atom. The first-order chi connectivity index (χ1) is 12.1. The largest absolute Gasteiger partial charge is 0.327 e. The van der Waals surface area contributed by atoms with E-state index >= 15 is 0 Å². The smallest absolute Gasteiger partial charge is 0.265 e. The van der Waals surface area contributed by atoms with Crippen molar-refractivity contribution in [3.8, 4) is 0 Å². The molecule has 0 bridgehead atoms. The summed E-state index contributed by atoms with van der Waals surface area (Å²) in [6.07, 6.45) is 1.58. The fourth-order valence-electron chi connectivity index (χ4n) is 2.62. The predicted molar refractivity (Wildman–Crippen MR) is 101 cm³/mol. The van der Waals surface area contributed by atoms with E-state index < -0.39 is 0 Å². The second-order valence-electron chi connectivity index (χ2n) is 5.42. The van der Waals surface area contributed by atoms with E-state index in [1.807, 2.05) is 35.9 Å². The molecule has 4 rings (SSSR count). The Hall–Kier alpha value is -2.70. The average Bonchev–Trinajstić information content (AvgIpc) is 2.90. The Labute approximate surface area is 153 Å². The molecule has 2 aromatic heterocycles. The zero-order valence-corrected chi connectivity index (χ0v) is 14.6. The molecule has 0 spiro atoms. The maximum atomic E-state index is 6.10. The number of hydrazone groups is 1. The third kappa shape index (κ3) is 2.90. The first kappa shape index (κ1) is 15.8. The molecule has 1 N–H and O–H groups in total. The van der Waals surface area contributed by atoms with Crippen LogP contribution >= 0.6 is 23.2 Å². The van der Waals surface area contributed by atoms with Crippen molar-refractivity contribution in [2.75, 3.05) is 5.43 Å². The minimum Gasteiger partial charge on any atom is -0.327 e. The van der Waals surface area contributed by atoms with Gasteiger partial charge in [0.15, 0.2) is 5.65 Å². The zero-order valence-electron chi connectivity index (χ0n) is 13.1. The van der Waals surface area contributed by atoms with Crippen LogP contribution in [-0.2, 0) is 7.05 Å². The predicted octanol–water partition coefficient (Wildman–Crippen LogP) is 4.27. The van der Waals surface area contributed by atoms with Crippen molar-refractivity contribution in [2.24, 2.45) is 12.1 Å². The van der Waals surface area contributed by atoms with E-state index in [-0.39, 0.29) is 0 Å². The van der Waals surface area contributed by atoms with Crippen LogP contribution in [0.25, 0.3) is 22.1 Å². The number of aromatic nitrogens is 4. The van der Waals surface area contributed by atoms with E-state index in [2.05, 4.69) is 25.7 Å². The fourth-order valence-corrected chi connectivity index (χ4v) is 3.08. The second-order valence-corrected chi connectivity index (χ2v) is 6.26. The average molecular weight is 371 g/mol. The van der Waals surface area contributed by atoms with Crippen LogP contribution in [-0.4, -0.2) is 26.0 Å². The van der Waals surface area contributed by atoms with E-state index in [1.54, 1.807) is 24.4 Å². The molecule has 124 valence electrons. The maximum Gasteiger partial charge on any atom is 0.265 e. The standard InChI is InChI=1S/C17H12Cl2N6/c1-25-14-5-3-2-4-12(14)15-16(25)21-17(24-22-15)23-20-9-10-6-7-11(18)8-13(10)19/h2-9H,1H3,(H,21,23,24)/b20-9+. The number of hydrogen-bond acceptors (Lipinski definition) is 5. The van der Waals surface area contributed by atoms with E-state index in [9.17, 15) is 0 Å². The summed E-state index contributed by atoms with van der Waals surface area (Å²) >= 11 is 12.0. The minimum atomic E-state index is 0.305. The highest BCUT2D eigenvalue weighted by atomic mass is 35.5. The van der Waals surface area contributed by atoms with E-state index in [0.29, 0.717) is 16.0 Å². The number of anilines is 1. The van der Waals surface area contributed by atoms with Crippen LogP contribution < -0.4 is 5.43 Å². The van der Waals surface area contributed by atoms with E-state index in [0.717, 1.165) is 27.6 Å². The van der Waals surface area contributed by atoms with Gasteiger partial charge in [0.2, 0.25) is 0 Å². The lowest BCUT2D eigenvalue weighted by Gasteiger charge is -2.00. The molecule has 0 aliphatic rings. The number of hydrogen-bond donors (Lipinski definition) is 1. The van der Waals surface area contributed by atoms with Crippen molar-refractivity contribution in [3.05, 3.63) is 58.1 Å². The lowest BCUT2D eigenvalue weighted by atomic mass is 10.2. The summed E-state index contributed by atoms with van der Waals surface area (Å²) in [4.78, 5) is 4.49. The monoisotopic (exact) mass is 370 g/mol. The molecule has 0 amide bonds. The van der Waals surface area contributed by atoms with Crippen LogP contribution in [0.2, 0.25) is 10.0 Å². The highest BCUT2D eigenvalue weighted by Crippen LogP contribution is 2.25. The number of aryl methyl sites for hydroxylation is 1. The molecule has 8 heteroatoms. The Kier molecular flexibility index (Phi) is 3.99. The Balaban J connectivity index is 1.65. The third-order valence-corrected chi connectivity index (χ3v) is 4.40. The maximum absolute atomic E-state index is 6.10. The molecule has 0 aliphatic heterocycles. The van der Waals surface area contributed by atoms with Gasteiger partial charge in [-0.2, -0.15) is 10.1 Å². The molecule has 0 atom stereocenters. The van der Waals surface area contributed by atoms with Gasteiger partial charge in [-0.05, 0) is 18.2 Å². The fraction of sp³-hybridized carbons (Fsp3) is 0.0588. The molecule has 0 unspecified atom stereocenters. The molecule has 0 radical (unpaired) electrons. The number of benzene rings is 2. The van der Waals surface area contributed by atoms with Crippen molar-refractivity contribution in [1.29, 1.82) is 0 Å². The van der Waals surface area contributed by atoms with Gasteiger partial charge in [-0.1, -0.05) is 47.5 Å². The van der Waals surface area contributed by atoms with Gasteiger partial charge in [0.1, 0.15) is 5.52 Å². The van der Waals surface area contributed by atoms with Crippen molar-refractivity contribution in [3.63, 3.8) is 0 Å². The molecule has 2 heterocycles. The van der Waals surface area contributed by atoms with Gasteiger partial charge in [-0.25, -0.2) is 5.43 Å². The first-order valence-electron chi connectivity index (χ1n) is 7.45. The van der Waals surface area contributed by atoms with Crippen molar-refractivity contribution in [1.82, 2.24) is 19.7 Å². The molecule has 0 fully saturated rings. The van der Waals surface area contributed by atoms with Crippen LogP contribution in [0.5, 0.6) is 0 Å². The summed E-state index contributed by atoms with van der Waals surface area (Å²) in [5.74, 6) is 0.305. The van der Waals surface area contributed by atoms with Crippen molar-refractivity contribution < 1.29 is 0 Å². The van der Waals surface area contributed by atoms with Gasteiger partial charge in [0.05, 0.1) is 16.8 Å². The van der Waals surface area contributed by atoms with Crippen LogP contribution in [0.3, 0.4) is 0 Å². The summed E-state index contributed by atoms with van der Waals surface area (Å²) in [6, 6.07) is 13.2. The third-order valence-electron chi connectivity index (χ3n) is 3.84. The normalized spacial score (nSPS) is 11.6. The molecule has 6 nitrogen and oxygen atoms in total. The van der Waals surface area contributed by atoms with E-state index in [1.165, 1.54) is 0 Å². The van der Waals surface area contributed by atoms with E-state index in [4.69, 9.17) is 23.2 Å². The molecule has 0 saturated carbocycles. The van der Waals surface area contributed by atoms with Gasteiger partial charge in [-0.3, -0.25) is 0 Å². The minimum absolute atomic E-state index is 0.305. The summed E-state index contributed by atoms with van der Waals surface area (Å²) in [5, 5.41) is 14.6. The summed E-state index contributed by atoms with van der Waals surface area (Å²) in [5.41, 5.74) is 6.05. The molecular weight excluding hydrogens is 359 g/mol. The van der Waals surface area contributed by atoms with Gasteiger partial charge < -0.3 is 4.57 Å². The lowest BCUT2D eigenvalue weighted by Crippen LogP contribution is -2.00. The molecule has 4 aromatic rings. The van der Waals surface area contributed by atoms with Crippen LogP contribution in [0.15, 0.2) is 47.6 Å². The lowest BCUT2D eigenvalue weighted by molar-refractivity contribution is 0.949. The molecule has 25 heavy (non-hydrogen) atoms. The van der Waals surface area contributed by atoms with Crippen LogP contribution in [0, 0.1) is 0 Å². The number of nitrogens with zero attached hydrogens (tertiary/aromatic N) is 5. The molecule has 0 saturated heterocycles. The van der Waals surface area contributed by atoms with Crippen LogP contribution in [0.4, 0.5) is 5.95 Å². The topological polar surface area (TPSA) is 68.0 Å². The number of fused-ring (bicyclic) bond motifs is 3. The van der Waals surface area contributed by atoms with Crippen LogP contribution in [0.1, 0.15) is 5.56 Å².